The summed E-state index contributed by atoms with van der Waals surface area (Å²) in [5.74, 6) is 1.19. The molecule has 28 heavy (non-hydrogen) atoms. The SMILES string of the molecule is CCNC(=NCC(O)c1cccc(OC(C)C)c1)NCCS(=O)(=O)C(C)(C)C. The first-order valence-corrected chi connectivity index (χ1v) is 11.3. The third-order valence-electron chi connectivity index (χ3n) is 3.98. The summed E-state index contributed by atoms with van der Waals surface area (Å²) < 4.78 is 29.3. The summed E-state index contributed by atoms with van der Waals surface area (Å²) in [6, 6.07) is 7.31. The molecule has 1 rings (SSSR count). The zero-order valence-corrected chi connectivity index (χ0v) is 18.6. The molecule has 8 heteroatoms. The maximum absolute atomic E-state index is 12.2. The predicted octanol–water partition coefficient (Wildman–Crippen LogP) is 2.28. The van der Waals surface area contributed by atoms with Crippen LogP contribution in [0.1, 0.15) is 53.2 Å². The minimum Gasteiger partial charge on any atom is -0.491 e. The summed E-state index contributed by atoms with van der Waals surface area (Å²) in [4.78, 5) is 4.37. The molecule has 1 aromatic rings. The second-order valence-corrected chi connectivity index (χ2v) is 10.7. The molecule has 0 saturated heterocycles. The molecule has 160 valence electrons. The number of nitrogens with one attached hydrogen (secondary N) is 2. The molecular formula is C20H35N3O4S. The molecule has 0 radical (unpaired) electrons. The highest BCUT2D eigenvalue weighted by molar-refractivity contribution is 7.92. The quantitative estimate of drug-likeness (QED) is 0.424. The van der Waals surface area contributed by atoms with Crippen molar-refractivity contribution in [2.75, 3.05) is 25.4 Å². The van der Waals surface area contributed by atoms with Crippen LogP contribution in [0.2, 0.25) is 0 Å². The van der Waals surface area contributed by atoms with E-state index < -0.39 is 20.7 Å². The smallest absolute Gasteiger partial charge is 0.191 e. The van der Waals surface area contributed by atoms with E-state index in [9.17, 15) is 13.5 Å². The molecule has 0 aromatic heterocycles. The first kappa shape index (κ1) is 24.2. The fourth-order valence-electron chi connectivity index (χ4n) is 2.30. The lowest BCUT2D eigenvalue weighted by atomic mass is 10.1. The Kier molecular flexibility index (Phi) is 9.23. The van der Waals surface area contributed by atoms with Gasteiger partial charge in [0.25, 0.3) is 0 Å². The van der Waals surface area contributed by atoms with E-state index in [-0.39, 0.29) is 24.9 Å². The summed E-state index contributed by atoms with van der Waals surface area (Å²) in [6.45, 7) is 11.9. The second kappa shape index (κ2) is 10.7. The van der Waals surface area contributed by atoms with Gasteiger partial charge in [-0.25, -0.2) is 8.42 Å². The molecule has 7 nitrogen and oxygen atoms in total. The Bertz CT molecular complexity index is 740. The van der Waals surface area contributed by atoms with Crippen molar-refractivity contribution in [2.45, 2.75) is 58.5 Å². The average molecular weight is 414 g/mol. The number of ether oxygens (including phenoxy) is 1. The summed E-state index contributed by atoms with van der Waals surface area (Å²) in [5, 5.41) is 16.5. The monoisotopic (exact) mass is 413 g/mol. The van der Waals surface area contributed by atoms with E-state index in [1.165, 1.54) is 0 Å². The highest BCUT2D eigenvalue weighted by Crippen LogP contribution is 2.20. The third kappa shape index (κ3) is 8.06. The topological polar surface area (TPSA) is 100 Å². The van der Waals surface area contributed by atoms with Gasteiger partial charge in [-0.3, -0.25) is 4.99 Å². The van der Waals surface area contributed by atoms with Gasteiger partial charge in [0.2, 0.25) is 0 Å². The van der Waals surface area contributed by atoms with Crippen LogP contribution in [0.3, 0.4) is 0 Å². The molecule has 0 heterocycles. The van der Waals surface area contributed by atoms with Crippen LogP contribution in [0.15, 0.2) is 29.3 Å². The molecule has 0 amide bonds. The minimum atomic E-state index is -3.21. The van der Waals surface area contributed by atoms with Crippen molar-refractivity contribution in [3.8, 4) is 5.75 Å². The number of guanidine groups is 1. The van der Waals surface area contributed by atoms with Crippen LogP contribution in [-0.2, 0) is 9.84 Å². The van der Waals surface area contributed by atoms with Crippen molar-refractivity contribution in [2.24, 2.45) is 4.99 Å². The molecule has 0 aliphatic heterocycles. The molecule has 0 saturated carbocycles. The zero-order chi connectivity index (χ0) is 21.4. The number of benzene rings is 1. The number of hydrogen-bond acceptors (Lipinski definition) is 5. The van der Waals surface area contributed by atoms with Crippen LogP contribution >= 0.6 is 0 Å². The molecule has 0 aliphatic rings. The zero-order valence-electron chi connectivity index (χ0n) is 17.8. The first-order chi connectivity index (χ1) is 13.0. The van der Waals surface area contributed by atoms with Gasteiger partial charge in [0.05, 0.1) is 29.3 Å². The molecule has 0 spiro atoms. The second-order valence-electron chi connectivity index (χ2n) is 7.83. The number of nitrogens with zero attached hydrogens (tertiary/aromatic N) is 1. The van der Waals surface area contributed by atoms with Gasteiger partial charge in [0.1, 0.15) is 5.75 Å². The van der Waals surface area contributed by atoms with Crippen LogP contribution < -0.4 is 15.4 Å². The molecule has 3 N–H and O–H groups in total. The predicted molar refractivity (Wildman–Crippen MR) is 115 cm³/mol. The van der Waals surface area contributed by atoms with E-state index >= 15 is 0 Å². The van der Waals surface area contributed by atoms with Crippen LogP contribution in [0, 0.1) is 0 Å². The van der Waals surface area contributed by atoms with Gasteiger partial charge >= 0.3 is 0 Å². The molecular weight excluding hydrogens is 378 g/mol. The number of aliphatic imine (C=N–C) groups is 1. The Morgan fingerprint density at radius 2 is 1.93 bits per heavy atom. The maximum Gasteiger partial charge on any atom is 0.191 e. The number of aliphatic hydroxyl groups excluding tert-OH is 1. The Morgan fingerprint density at radius 3 is 2.50 bits per heavy atom. The molecule has 0 aliphatic carbocycles. The Balaban J connectivity index is 2.71. The number of aliphatic hydroxyl groups is 1. The van der Waals surface area contributed by atoms with Crippen LogP contribution in [0.4, 0.5) is 0 Å². The maximum atomic E-state index is 12.2. The van der Waals surface area contributed by atoms with Crippen LogP contribution in [0.25, 0.3) is 0 Å². The number of hydrogen-bond donors (Lipinski definition) is 3. The highest BCUT2D eigenvalue weighted by atomic mass is 32.2. The van der Waals surface area contributed by atoms with E-state index in [2.05, 4.69) is 15.6 Å². The van der Waals surface area contributed by atoms with Crippen molar-refractivity contribution in [3.05, 3.63) is 29.8 Å². The normalized spacial score (nSPS) is 14.1. The summed E-state index contributed by atoms with van der Waals surface area (Å²) in [7, 11) is -3.21. The first-order valence-electron chi connectivity index (χ1n) is 9.65. The lowest BCUT2D eigenvalue weighted by molar-refractivity contribution is 0.185. The number of sulfone groups is 1. The standard InChI is InChI=1S/C20H35N3O4S/c1-7-21-19(22-11-12-28(25,26)20(4,5)6)23-14-18(24)16-9-8-10-17(13-16)27-15(2)3/h8-10,13,15,18,24H,7,11-12,14H2,1-6H3,(H2,21,22,23). The van der Waals surface area contributed by atoms with Gasteiger partial charge in [-0.1, -0.05) is 12.1 Å². The fraction of sp³-hybridized carbons (Fsp3) is 0.650. The van der Waals surface area contributed by atoms with Crippen molar-refractivity contribution in [1.82, 2.24) is 10.6 Å². The molecule has 1 atom stereocenters. The summed E-state index contributed by atoms with van der Waals surface area (Å²) in [5.41, 5.74) is 0.716. The van der Waals surface area contributed by atoms with E-state index in [0.29, 0.717) is 23.8 Å². The van der Waals surface area contributed by atoms with Crippen molar-refractivity contribution in [3.63, 3.8) is 0 Å². The Hall–Kier alpha value is -1.80. The van der Waals surface area contributed by atoms with Gasteiger partial charge in [-0.15, -0.1) is 0 Å². The summed E-state index contributed by atoms with van der Waals surface area (Å²) in [6.07, 6.45) is -0.733. The van der Waals surface area contributed by atoms with Gasteiger partial charge in [0, 0.05) is 13.1 Å². The minimum absolute atomic E-state index is 0.0120. The van der Waals surface area contributed by atoms with Gasteiger partial charge < -0.3 is 20.5 Å². The fourth-order valence-corrected chi connectivity index (χ4v) is 3.29. The number of rotatable bonds is 9. The van der Waals surface area contributed by atoms with E-state index in [1.54, 1.807) is 26.8 Å². The van der Waals surface area contributed by atoms with Crippen molar-refractivity contribution < 1.29 is 18.3 Å². The van der Waals surface area contributed by atoms with Gasteiger partial charge in [0.15, 0.2) is 15.8 Å². The van der Waals surface area contributed by atoms with E-state index in [1.807, 2.05) is 39.0 Å². The highest BCUT2D eigenvalue weighted by Gasteiger charge is 2.28. The van der Waals surface area contributed by atoms with E-state index in [0.717, 1.165) is 0 Å². The van der Waals surface area contributed by atoms with Gasteiger partial charge in [-0.2, -0.15) is 0 Å². The lowest BCUT2D eigenvalue weighted by Crippen LogP contribution is -2.42. The van der Waals surface area contributed by atoms with Crippen LogP contribution in [0.5, 0.6) is 5.75 Å². The Labute approximate surface area is 169 Å². The van der Waals surface area contributed by atoms with Crippen molar-refractivity contribution >= 4 is 15.8 Å². The molecule has 1 unspecified atom stereocenters. The Morgan fingerprint density at radius 1 is 1.25 bits per heavy atom. The lowest BCUT2D eigenvalue weighted by Gasteiger charge is -2.20. The van der Waals surface area contributed by atoms with Gasteiger partial charge in [-0.05, 0) is 59.2 Å². The average Bonchev–Trinajstić information content (AvgIpc) is 2.58. The van der Waals surface area contributed by atoms with Crippen molar-refractivity contribution in [1.29, 1.82) is 0 Å². The summed E-state index contributed by atoms with van der Waals surface area (Å²) >= 11 is 0. The third-order valence-corrected chi connectivity index (χ3v) is 6.59. The molecule has 0 fully saturated rings. The van der Waals surface area contributed by atoms with E-state index in [4.69, 9.17) is 4.74 Å². The molecule has 0 bridgehead atoms. The molecule has 1 aromatic carbocycles. The van der Waals surface area contributed by atoms with Crippen LogP contribution in [-0.4, -0.2) is 55.7 Å². The largest absolute Gasteiger partial charge is 0.491 e.